The number of aliphatic carboxylic acids is 4. The molecule has 0 aliphatic rings. The van der Waals surface area contributed by atoms with Crippen molar-refractivity contribution in [2.75, 3.05) is 52.5 Å². The van der Waals surface area contributed by atoms with E-state index in [0.29, 0.717) is 0 Å². The van der Waals surface area contributed by atoms with E-state index in [1.807, 2.05) is 0 Å². The molecule has 14 heteroatoms. The van der Waals surface area contributed by atoms with E-state index in [9.17, 15) is 29.4 Å². The van der Waals surface area contributed by atoms with Gasteiger partial charge in [0, 0.05) is 26.2 Å². The molecule has 0 fully saturated rings. The fraction of sp³-hybridized carbons (Fsp3) is 0.667. The van der Waals surface area contributed by atoms with Gasteiger partial charge in [0.05, 0.1) is 38.2 Å². The first-order valence-corrected chi connectivity index (χ1v) is 6.62. The van der Waals surface area contributed by atoms with Gasteiger partial charge in [-0.15, -0.1) is 0 Å². The van der Waals surface area contributed by atoms with E-state index in [-0.39, 0.29) is 85.4 Å². The number of aliphatic hydroxyl groups excluding tert-OH is 2. The van der Waals surface area contributed by atoms with Crippen LogP contribution in [0.3, 0.4) is 0 Å². The van der Waals surface area contributed by atoms with Crippen LogP contribution in [0.15, 0.2) is 0 Å². The van der Waals surface area contributed by atoms with Crippen molar-refractivity contribution in [2.45, 2.75) is 0 Å². The SMILES string of the molecule is O=C([O-])CN(CCO)CC(=O)O.O=C([O-])CN(CCO)CC(=O)O.[Na+].[Na+]. The fourth-order valence-electron chi connectivity index (χ4n) is 1.46. The van der Waals surface area contributed by atoms with E-state index >= 15 is 0 Å². The Balaban J connectivity index is -0.000000173. The van der Waals surface area contributed by atoms with Crippen molar-refractivity contribution < 1.29 is 109 Å². The van der Waals surface area contributed by atoms with Crippen LogP contribution >= 0.6 is 0 Å². The van der Waals surface area contributed by atoms with Gasteiger partial charge in [0.25, 0.3) is 0 Å². The van der Waals surface area contributed by atoms with Crippen LogP contribution in [-0.2, 0) is 19.2 Å². The Morgan fingerprint density at radius 3 is 1.08 bits per heavy atom. The van der Waals surface area contributed by atoms with Crippen molar-refractivity contribution in [3.8, 4) is 0 Å². The average Bonchev–Trinajstić information content (AvgIpc) is 2.36. The number of carbonyl (C=O) groups is 4. The third-order valence-electron chi connectivity index (χ3n) is 2.26. The number of aliphatic hydroxyl groups is 2. The van der Waals surface area contributed by atoms with Crippen molar-refractivity contribution in [3.63, 3.8) is 0 Å². The molecule has 0 unspecified atom stereocenters. The second-order valence-corrected chi connectivity index (χ2v) is 4.40. The van der Waals surface area contributed by atoms with Crippen LogP contribution in [0.4, 0.5) is 0 Å². The van der Waals surface area contributed by atoms with Crippen molar-refractivity contribution in [3.05, 3.63) is 0 Å². The molecule has 4 N–H and O–H groups in total. The number of nitrogens with zero attached hydrogens (tertiary/aromatic N) is 2. The van der Waals surface area contributed by atoms with Gasteiger partial charge in [-0.2, -0.15) is 0 Å². The largest absolute Gasteiger partial charge is 1.00 e. The second-order valence-electron chi connectivity index (χ2n) is 4.40. The summed E-state index contributed by atoms with van der Waals surface area (Å²) < 4.78 is 0. The van der Waals surface area contributed by atoms with Crippen molar-refractivity contribution in [2.24, 2.45) is 0 Å². The Labute approximate surface area is 194 Å². The van der Waals surface area contributed by atoms with Crippen molar-refractivity contribution in [1.29, 1.82) is 0 Å². The number of carbonyl (C=O) groups excluding carboxylic acids is 2. The van der Waals surface area contributed by atoms with Gasteiger partial charge >= 0.3 is 71.1 Å². The first-order valence-electron chi connectivity index (χ1n) is 6.62. The molecule has 140 valence electrons. The zero-order chi connectivity index (χ0) is 19.1. The molecule has 0 rings (SSSR count). The van der Waals surface area contributed by atoms with E-state index in [1.54, 1.807) is 0 Å². The number of carboxylic acids is 4. The second kappa shape index (κ2) is 21.0. The Morgan fingerprint density at radius 1 is 0.654 bits per heavy atom. The summed E-state index contributed by atoms with van der Waals surface area (Å²) >= 11 is 0. The summed E-state index contributed by atoms with van der Waals surface area (Å²) in [7, 11) is 0. The number of carboxylic acid groups (broad SMARTS) is 4. The standard InChI is InChI=1S/2C6H11NO5.2Na/c2*8-2-1-7(3-5(9)10)4-6(11)12;;/h2*8H,1-4H2,(H,9,10)(H,11,12);;/q;;2*+1/p-2. The van der Waals surface area contributed by atoms with E-state index < -0.39 is 50.1 Å². The van der Waals surface area contributed by atoms with Gasteiger partial charge in [0.1, 0.15) is 0 Å². The van der Waals surface area contributed by atoms with E-state index in [4.69, 9.17) is 20.4 Å². The van der Waals surface area contributed by atoms with Gasteiger partial charge in [0.15, 0.2) is 0 Å². The molecule has 0 spiro atoms. The smallest absolute Gasteiger partial charge is 0.549 e. The average molecular weight is 398 g/mol. The molecular formula is C12H20N2Na2O10. The van der Waals surface area contributed by atoms with E-state index in [2.05, 4.69) is 0 Å². The summed E-state index contributed by atoms with van der Waals surface area (Å²) in [4.78, 5) is 42.5. The maximum absolute atomic E-state index is 10.1. The molecule has 0 aromatic carbocycles. The summed E-state index contributed by atoms with van der Waals surface area (Å²) in [5.74, 6) is -4.98. The molecule has 0 saturated heterocycles. The normalized spacial score (nSPS) is 9.38. The van der Waals surface area contributed by atoms with Crippen LogP contribution in [0.1, 0.15) is 0 Å². The van der Waals surface area contributed by atoms with Gasteiger partial charge in [-0.25, -0.2) is 0 Å². The van der Waals surface area contributed by atoms with Crippen LogP contribution in [0.2, 0.25) is 0 Å². The summed E-state index contributed by atoms with van der Waals surface area (Å²) in [6.07, 6.45) is 0. The zero-order valence-corrected chi connectivity index (χ0v) is 18.8. The minimum absolute atomic E-state index is 0. The molecule has 0 radical (unpaired) electrons. The van der Waals surface area contributed by atoms with Crippen molar-refractivity contribution in [1.82, 2.24) is 9.80 Å². The summed E-state index contributed by atoms with van der Waals surface area (Å²) in [5.41, 5.74) is 0. The van der Waals surface area contributed by atoms with Crippen LogP contribution in [-0.4, -0.2) is 107 Å². The first kappa shape index (κ1) is 33.3. The minimum Gasteiger partial charge on any atom is -0.549 e. The maximum Gasteiger partial charge on any atom is 1.00 e. The van der Waals surface area contributed by atoms with Gasteiger partial charge in [-0.1, -0.05) is 0 Å². The molecule has 0 aromatic heterocycles. The van der Waals surface area contributed by atoms with Gasteiger partial charge in [0.2, 0.25) is 0 Å². The van der Waals surface area contributed by atoms with Gasteiger partial charge < -0.3 is 40.2 Å². The fourth-order valence-corrected chi connectivity index (χ4v) is 1.46. The molecule has 0 heterocycles. The van der Waals surface area contributed by atoms with Gasteiger partial charge in [-0.05, 0) is 0 Å². The first-order chi connectivity index (χ1) is 11.1. The third kappa shape index (κ3) is 26.0. The van der Waals surface area contributed by atoms with Crippen molar-refractivity contribution >= 4 is 23.9 Å². The molecule has 26 heavy (non-hydrogen) atoms. The predicted octanol–water partition coefficient (Wildman–Crippen LogP) is -11.8. The predicted molar refractivity (Wildman–Crippen MR) is 72.3 cm³/mol. The summed E-state index contributed by atoms with van der Waals surface area (Å²) in [5, 5.41) is 53.5. The molecule has 0 aliphatic carbocycles. The number of rotatable bonds is 12. The summed E-state index contributed by atoms with van der Waals surface area (Å²) in [6.45, 7) is -2.30. The summed E-state index contributed by atoms with van der Waals surface area (Å²) in [6, 6.07) is 0. The molecule has 0 bridgehead atoms. The molecule has 0 aliphatic heterocycles. The molecular weight excluding hydrogens is 378 g/mol. The van der Waals surface area contributed by atoms with Gasteiger partial charge in [-0.3, -0.25) is 19.4 Å². The van der Waals surface area contributed by atoms with E-state index in [0.717, 1.165) is 9.80 Å². The van der Waals surface area contributed by atoms with E-state index in [1.165, 1.54) is 0 Å². The molecule has 0 aromatic rings. The molecule has 0 atom stereocenters. The number of hydrogen-bond donors (Lipinski definition) is 4. The van der Waals surface area contributed by atoms with Crippen LogP contribution < -0.4 is 69.3 Å². The monoisotopic (exact) mass is 398 g/mol. The van der Waals surface area contributed by atoms with Crippen LogP contribution in [0.25, 0.3) is 0 Å². The Morgan fingerprint density at radius 2 is 0.923 bits per heavy atom. The quantitative estimate of drug-likeness (QED) is 0.226. The Hall–Kier alpha value is -0.280. The molecule has 0 saturated carbocycles. The Bertz CT molecular complexity index is 355. The molecule has 0 amide bonds. The Kier molecular flexibility index (Phi) is 26.9. The minimum atomic E-state index is -1.36. The third-order valence-corrected chi connectivity index (χ3v) is 2.26. The van der Waals surface area contributed by atoms with Crippen LogP contribution in [0.5, 0.6) is 0 Å². The maximum atomic E-state index is 10.1. The van der Waals surface area contributed by atoms with Crippen LogP contribution in [0, 0.1) is 0 Å². The topological polar surface area (TPSA) is 202 Å². The molecule has 12 nitrogen and oxygen atoms in total. The number of hydrogen-bond acceptors (Lipinski definition) is 10. The zero-order valence-electron chi connectivity index (χ0n) is 14.8.